The van der Waals surface area contributed by atoms with E-state index in [0.717, 1.165) is 54.6 Å². The molecule has 0 aliphatic carbocycles. The summed E-state index contributed by atoms with van der Waals surface area (Å²) in [5, 5.41) is 3.19. The number of nitrogens with one attached hydrogen (secondary N) is 1. The molecule has 0 aliphatic rings. The number of allylic oxidation sites excluding steroid dienone is 2. The van der Waals surface area contributed by atoms with Gasteiger partial charge in [0, 0.05) is 24.5 Å². The molecule has 1 amide bonds. The zero-order valence-corrected chi connectivity index (χ0v) is 20.1. The highest BCUT2D eigenvalue weighted by Crippen LogP contribution is 2.25. The van der Waals surface area contributed by atoms with E-state index >= 15 is 0 Å². The molecule has 2 aromatic carbocycles. The topological polar surface area (TPSA) is 51.2 Å². The van der Waals surface area contributed by atoms with Crippen molar-refractivity contribution in [3.8, 4) is 5.75 Å². The second-order valence-corrected chi connectivity index (χ2v) is 8.28. The molecule has 1 N–H and O–H groups in total. The van der Waals surface area contributed by atoms with Crippen LogP contribution < -0.4 is 10.1 Å². The van der Waals surface area contributed by atoms with Crippen molar-refractivity contribution in [2.24, 2.45) is 0 Å². The first-order valence-corrected chi connectivity index (χ1v) is 12.0. The van der Waals surface area contributed by atoms with Crippen LogP contribution >= 0.6 is 0 Å². The molecule has 0 spiro atoms. The Kier molecular flexibility index (Phi) is 10.1. The van der Waals surface area contributed by atoms with Gasteiger partial charge in [0.05, 0.1) is 7.11 Å². The summed E-state index contributed by atoms with van der Waals surface area (Å²) in [6.45, 7) is 2.15. The lowest BCUT2D eigenvalue weighted by Gasteiger charge is -2.17. The van der Waals surface area contributed by atoms with Gasteiger partial charge in [0.25, 0.3) is 0 Å². The number of carbonyl (C=O) groups excluding carboxylic acids is 1. The lowest BCUT2D eigenvalue weighted by atomic mass is 9.97. The van der Waals surface area contributed by atoms with E-state index in [1.54, 1.807) is 19.4 Å². The number of amides is 1. The summed E-state index contributed by atoms with van der Waals surface area (Å²) >= 11 is 0. The van der Waals surface area contributed by atoms with Gasteiger partial charge in [0.15, 0.2) is 0 Å². The van der Waals surface area contributed by atoms with Crippen molar-refractivity contribution < 1.29 is 9.53 Å². The van der Waals surface area contributed by atoms with Gasteiger partial charge in [0.1, 0.15) is 5.75 Å². The van der Waals surface area contributed by atoms with Crippen LogP contribution in [0.25, 0.3) is 5.57 Å². The van der Waals surface area contributed by atoms with Gasteiger partial charge >= 0.3 is 0 Å². The third-order valence-corrected chi connectivity index (χ3v) is 5.72. The molecule has 0 unspecified atom stereocenters. The number of aromatic nitrogens is 1. The Labute approximate surface area is 203 Å². The second kappa shape index (κ2) is 13.8. The van der Waals surface area contributed by atoms with Gasteiger partial charge in [-0.25, -0.2) is 0 Å². The summed E-state index contributed by atoms with van der Waals surface area (Å²) in [5.41, 5.74) is 4.45. The monoisotopic (exact) mass is 454 g/mol. The average molecular weight is 455 g/mol. The van der Waals surface area contributed by atoms with Crippen molar-refractivity contribution >= 4 is 11.5 Å². The van der Waals surface area contributed by atoms with E-state index in [-0.39, 0.29) is 11.9 Å². The Morgan fingerprint density at radius 1 is 1.00 bits per heavy atom. The number of ether oxygens (including phenoxy) is 1. The van der Waals surface area contributed by atoms with E-state index in [1.807, 2.05) is 66.9 Å². The highest BCUT2D eigenvalue weighted by atomic mass is 16.5. The van der Waals surface area contributed by atoms with Crippen LogP contribution in [0.3, 0.4) is 0 Å². The summed E-state index contributed by atoms with van der Waals surface area (Å²) in [5.74, 6) is 0.759. The Balaban J connectivity index is 1.64. The minimum absolute atomic E-state index is 0.0572. The first-order chi connectivity index (χ1) is 16.7. The smallest absolute Gasteiger partial charge is 0.244 e. The molecule has 0 radical (unpaired) electrons. The van der Waals surface area contributed by atoms with Crippen molar-refractivity contribution in [1.82, 2.24) is 10.3 Å². The zero-order chi connectivity index (χ0) is 24.0. The Bertz CT molecular complexity index is 1060. The maximum Gasteiger partial charge on any atom is 0.244 e. The van der Waals surface area contributed by atoms with Crippen molar-refractivity contribution in [3.05, 3.63) is 114 Å². The van der Waals surface area contributed by atoms with Crippen LogP contribution in [0.1, 0.15) is 49.3 Å². The predicted octanol–water partition coefficient (Wildman–Crippen LogP) is 6.39. The summed E-state index contributed by atoms with van der Waals surface area (Å²) in [7, 11) is 1.66. The molecule has 0 fully saturated rings. The summed E-state index contributed by atoms with van der Waals surface area (Å²) in [4.78, 5) is 16.8. The number of rotatable bonds is 12. The van der Waals surface area contributed by atoms with Crippen molar-refractivity contribution in [1.29, 1.82) is 0 Å². The fourth-order valence-electron chi connectivity index (χ4n) is 3.96. The Morgan fingerprint density at radius 2 is 1.76 bits per heavy atom. The molecule has 3 aromatic rings. The number of aryl methyl sites for hydroxylation is 1. The molecule has 176 valence electrons. The maximum absolute atomic E-state index is 12.6. The number of methoxy groups -OCH3 is 1. The molecule has 4 heteroatoms. The van der Waals surface area contributed by atoms with Gasteiger partial charge in [-0.1, -0.05) is 74.0 Å². The first kappa shape index (κ1) is 25.0. The van der Waals surface area contributed by atoms with E-state index in [1.165, 1.54) is 5.56 Å². The molecule has 1 aromatic heterocycles. The molecule has 0 bridgehead atoms. The van der Waals surface area contributed by atoms with Gasteiger partial charge in [0.2, 0.25) is 5.91 Å². The zero-order valence-electron chi connectivity index (χ0n) is 20.1. The number of nitrogens with zero attached hydrogens (tertiary/aromatic N) is 1. The van der Waals surface area contributed by atoms with E-state index in [2.05, 4.69) is 35.4 Å². The maximum atomic E-state index is 12.6. The van der Waals surface area contributed by atoms with Gasteiger partial charge in [-0.05, 0) is 66.1 Å². The quantitative estimate of drug-likeness (QED) is 0.255. The van der Waals surface area contributed by atoms with Gasteiger partial charge in [-0.3, -0.25) is 9.78 Å². The Hall–Kier alpha value is -3.66. The molecular weight excluding hydrogens is 420 g/mol. The first-order valence-electron chi connectivity index (χ1n) is 12.0. The number of carbonyl (C=O) groups is 1. The standard InChI is InChI=1S/C30H34N2O2/c1-3-10-27(15-7-11-24-12-9-22-31-23-24)32-30(33)17-8-16-29(25-13-5-4-6-14-25)26-18-20-28(34-2)21-19-26/h4-6,8-9,12-14,16-23,27H,3,7,10-11,15H2,1-2H3,(H,32,33)/t27-/m1/s1. The molecule has 0 aliphatic heterocycles. The average Bonchev–Trinajstić information content (AvgIpc) is 2.88. The molecule has 34 heavy (non-hydrogen) atoms. The fraction of sp³-hybridized carbons (Fsp3) is 0.267. The molecule has 1 atom stereocenters. The lowest BCUT2D eigenvalue weighted by Crippen LogP contribution is -2.33. The van der Waals surface area contributed by atoms with Gasteiger partial charge < -0.3 is 10.1 Å². The number of hydrogen-bond donors (Lipinski definition) is 1. The van der Waals surface area contributed by atoms with Crippen LogP contribution in [0, 0.1) is 0 Å². The van der Waals surface area contributed by atoms with E-state index in [9.17, 15) is 4.79 Å². The molecule has 0 saturated heterocycles. The predicted molar refractivity (Wildman–Crippen MR) is 140 cm³/mol. The number of hydrogen-bond acceptors (Lipinski definition) is 3. The highest BCUT2D eigenvalue weighted by molar-refractivity contribution is 5.89. The van der Waals surface area contributed by atoms with E-state index in [0.29, 0.717) is 0 Å². The molecule has 1 heterocycles. The van der Waals surface area contributed by atoms with Crippen LogP contribution in [0.5, 0.6) is 5.75 Å². The van der Waals surface area contributed by atoms with Gasteiger partial charge in [-0.2, -0.15) is 0 Å². The highest BCUT2D eigenvalue weighted by Gasteiger charge is 2.10. The minimum atomic E-state index is -0.0572. The van der Waals surface area contributed by atoms with Gasteiger partial charge in [-0.15, -0.1) is 0 Å². The van der Waals surface area contributed by atoms with Crippen LogP contribution in [-0.4, -0.2) is 24.0 Å². The van der Waals surface area contributed by atoms with E-state index < -0.39 is 0 Å². The SMILES string of the molecule is CCC[C@H](CCCc1cccnc1)NC(=O)C=CC=C(c1ccccc1)c1ccc(OC)cc1. The van der Waals surface area contributed by atoms with Crippen molar-refractivity contribution in [3.63, 3.8) is 0 Å². The van der Waals surface area contributed by atoms with Crippen LogP contribution in [0.15, 0.2) is 97.4 Å². The van der Waals surface area contributed by atoms with Crippen LogP contribution in [0.4, 0.5) is 0 Å². The molecule has 0 saturated carbocycles. The summed E-state index contributed by atoms with van der Waals surface area (Å²) in [6.07, 6.45) is 14.1. The number of benzene rings is 2. The summed E-state index contributed by atoms with van der Waals surface area (Å²) < 4.78 is 5.29. The normalized spacial score (nSPS) is 12.5. The summed E-state index contributed by atoms with van der Waals surface area (Å²) in [6, 6.07) is 22.4. The van der Waals surface area contributed by atoms with E-state index in [4.69, 9.17) is 4.74 Å². The molecule has 3 rings (SSSR count). The second-order valence-electron chi connectivity index (χ2n) is 8.28. The third-order valence-electron chi connectivity index (χ3n) is 5.72. The molecular formula is C30H34N2O2. The third kappa shape index (κ3) is 8.04. The lowest BCUT2D eigenvalue weighted by molar-refractivity contribution is -0.117. The van der Waals surface area contributed by atoms with Crippen molar-refractivity contribution in [2.45, 2.75) is 45.1 Å². The van der Waals surface area contributed by atoms with Crippen molar-refractivity contribution in [2.75, 3.05) is 7.11 Å². The largest absolute Gasteiger partial charge is 0.497 e. The number of pyridine rings is 1. The van der Waals surface area contributed by atoms with Crippen LogP contribution in [0.2, 0.25) is 0 Å². The fourth-order valence-corrected chi connectivity index (χ4v) is 3.96. The Morgan fingerprint density at radius 3 is 2.44 bits per heavy atom. The molecule has 4 nitrogen and oxygen atoms in total. The minimum Gasteiger partial charge on any atom is -0.497 e. The van der Waals surface area contributed by atoms with Crippen LogP contribution in [-0.2, 0) is 11.2 Å².